The molecule has 20 heavy (non-hydrogen) atoms. The molecule has 1 amide bonds. The molecule has 2 aliphatic heterocycles. The van der Waals surface area contributed by atoms with Gasteiger partial charge in [0.2, 0.25) is 5.91 Å². The van der Waals surface area contributed by atoms with Gasteiger partial charge in [-0.25, -0.2) is 0 Å². The van der Waals surface area contributed by atoms with Crippen molar-refractivity contribution in [3.8, 4) is 5.75 Å². The Kier molecular flexibility index (Phi) is 3.60. The maximum Gasteiger partial charge on any atom is 0.224 e. The van der Waals surface area contributed by atoms with Gasteiger partial charge < -0.3 is 25.0 Å². The van der Waals surface area contributed by atoms with Crippen LogP contribution in [0.5, 0.6) is 5.75 Å². The second kappa shape index (κ2) is 5.40. The highest BCUT2D eigenvalue weighted by Crippen LogP contribution is 2.26. The lowest BCUT2D eigenvalue weighted by molar-refractivity contribution is -0.121. The van der Waals surface area contributed by atoms with Crippen molar-refractivity contribution >= 4 is 5.91 Å². The SMILES string of the molecule is O=C(Cc1ccc(O)cc1)N[C@H]1CO[C@H]2[C@@H]1OC[C@H]2O. The average Bonchev–Trinajstić information content (AvgIpc) is 2.97. The van der Waals surface area contributed by atoms with Gasteiger partial charge in [-0.15, -0.1) is 0 Å². The Morgan fingerprint density at radius 2 is 1.90 bits per heavy atom. The molecule has 0 radical (unpaired) electrons. The number of phenols is 1. The fourth-order valence-corrected chi connectivity index (χ4v) is 2.66. The topological polar surface area (TPSA) is 88.0 Å². The second-order valence-corrected chi connectivity index (χ2v) is 5.18. The number of aliphatic hydroxyl groups is 1. The molecule has 1 aromatic rings. The van der Waals surface area contributed by atoms with E-state index in [9.17, 15) is 15.0 Å². The van der Waals surface area contributed by atoms with Crippen molar-refractivity contribution in [2.24, 2.45) is 0 Å². The van der Waals surface area contributed by atoms with Gasteiger partial charge in [-0.05, 0) is 17.7 Å². The fraction of sp³-hybridized carbons (Fsp3) is 0.500. The van der Waals surface area contributed by atoms with E-state index in [4.69, 9.17) is 9.47 Å². The number of benzene rings is 1. The minimum atomic E-state index is -0.612. The molecular formula is C14H17NO5. The summed E-state index contributed by atoms with van der Waals surface area (Å²) >= 11 is 0. The van der Waals surface area contributed by atoms with E-state index in [0.29, 0.717) is 6.61 Å². The molecule has 0 spiro atoms. The molecule has 2 heterocycles. The third-order valence-corrected chi connectivity index (χ3v) is 3.67. The van der Waals surface area contributed by atoms with E-state index in [-0.39, 0.29) is 42.9 Å². The van der Waals surface area contributed by atoms with Crippen LogP contribution >= 0.6 is 0 Å². The number of carbonyl (C=O) groups is 1. The second-order valence-electron chi connectivity index (χ2n) is 5.18. The van der Waals surface area contributed by atoms with Gasteiger partial charge in [0.15, 0.2) is 0 Å². The summed E-state index contributed by atoms with van der Waals surface area (Å²) in [5.74, 6) is 0.0458. The van der Waals surface area contributed by atoms with Crippen LogP contribution in [-0.2, 0) is 20.7 Å². The van der Waals surface area contributed by atoms with E-state index < -0.39 is 6.10 Å². The number of hydrogen-bond acceptors (Lipinski definition) is 5. The summed E-state index contributed by atoms with van der Waals surface area (Å²) in [6.45, 7) is 0.605. The summed E-state index contributed by atoms with van der Waals surface area (Å²) < 4.78 is 10.9. The molecule has 0 aromatic heterocycles. The monoisotopic (exact) mass is 279 g/mol. The third kappa shape index (κ3) is 2.63. The van der Waals surface area contributed by atoms with Gasteiger partial charge in [0.05, 0.1) is 25.7 Å². The Balaban J connectivity index is 1.56. The van der Waals surface area contributed by atoms with E-state index in [1.165, 1.54) is 0 Å². The molecule has 0 unspecified atom stereocenters. The summed E-state index contributed by atoms with van der Waals surface area (Å²) in [6.07, 6.45) is -0.988. The molecular weight excluding hydrogens is 262 g/mol. The largest absolute Gasteiger partial charge is 0.508 e. The first-order valence-electron chi connectivity index (χ1n) is 6.62. The van der Waals surface area contributed by atoms with E-state index in [1.54, 1.807) is 24.3 Å². The molecule has 6 nitrogen and oxygen atoms in total. The first-order chi connectivity index (χ1) is 9.63. The summed E-state index contributed by atoms with van der Waals surface area (Å²) in [7, 11) is 0. The standard InChI is InChI=1S/C14H17NO5/c16-9-3-1-8(2-4-9)5-12(18)15-10-6-19-14-11(17)7-20-13(10)14/h1-4,10-11,13-14,16-17H,5-7H2,(H,15,18)/t10-,11+,13+,14+/m0/s1. The lowest BCUT2D eigenvalue weighted by Gasteiger charge is -2.17. The summed E-state index contributed by atoms with van der Waals surface area (Å²) in [4.78, 5) is 12.0. The first-order valence-corrected chi connectivity index (χ1v) is 6.62. The highest BCUT2D eigenvalue weighted by molar-refractivity contribution is 5.79. The number of fused-ring (bicyclic) bond motifs is 1. The van der Waals surface area contributed by atoms with Gasteiger partial charge >= 0.3 is 0 Å². The molecule has 0 bridgehead atoms. The van der Waals surface area contributed by atoms with Crippen LogP contribution in [0.4, 0.5) is 0 Å². The van der Waals surface area contributed by atoms with Crippen molar-refractivity contribution < 1.29 is 24.5 Å². The summed E-state index contributed by atoms with van der Waals surface area (Å²) in [5.41, 5.74) is 0.822. The van der Waals surface area contributed by atoms with Gasteiger partial charge in [-0.2, -0.15) is 0 Å². The van der Waals surface area contributed by atoms with E-state index in [0.717, 1.165) is 5.56 Å². The number of aromatic hydroxyl groups is 1. The Morgan fingerprint density at radius 1 is 1.20 bits per heavy atom. The Morgan fingerprint density at radius 3 is 2.65 bits per heavy atom. The van der Waals surface area contributed by atoms with Gasteiger partial charge in [0, 0.05) is 0 Å². The number of carbonyl (C=O) groups excluding carboxylic acids is 1. The normalized spacial score (nSPS) is 32.0. The quantitative estimate of drug-likeness (QED) is 0.699. The number of ether oxygens (including phenoxy) is 2. The van der Waals surface area contributed by atoms with E-state index >= 15 is 0 Å². The Labute approximate surface area is 116 Å². The third-order valence-electron chi connectivity index (χ3n) is 3.67. The van der Waals surface area contributed by atoms with Crippen LogP contribution in [0.25, 0.3) is 0 Å². The lowest BCUT2D eigenvalue weighted by atomic mass is 10.1. The van der Waals surface area contributed by atoms with Gasteiger partial charge in [0.25, 0.3) is 0 Å². The maximum atomic E-state index is 12.0. The van der Waals surface area contributed by atoms with Crippen molar-refractivity contribution in [2.75, 3.05) is 13.2 Å². The van der Waals surface area contributed by atoms with Crippen LogP contribution in [0.2, 0.25) is 0 Å². The van der Waals surface area contributed by atoms with Crippen LogP contribution in [0.3, 0.4) is 0 Å². The van der Waals surface area contributed by atoms with Gasteiger partial charge in [0.1, 0.15) is 24.1 Å². The van der Waals surface area contributed by atoms with Crippen molar-refractivity contribution in [2.45, 2.75) is 30.8 Å². The van der Waals surface area contributed by atoms with Gasteiger partial charge in [-0.3, -0.25) is 4.79 Å². The first kappa shape index (κ1) is 13.4. The molecule has 2 saturated heterocycles. The Hall–Kier alpha value is -1.63. The van der Waals surface area contributed by atoms with Crippen LogP contribution in [0, 0.1) is 0 Å². The number of rotatable bonds is 3. The smallest absolute Gasteiger partial charge is 0.224 e. The molecule has 0 aliphatic carbocycles. The summed E-state index contributed by atoms with van der Waals surface area (Å²) in [6, 6.07) is 6.29. The molecule has 4 atom stereocenters. The molecule has 2 fully saturated rings. The highest BCUT2D eigenvalue weighted by Gasteiger charge is 2.47. The maximum absolute atomic E-state index is 12.0. The number of aliphatic hydroxyl groups excluding tert-OH is 1. The predicted molar refractivity (Wildman–Crippen MR) is 69.2 cm³/mol. The van der Waals surface area contributed by atoms with Crippen LogP contribution in [0.15, 0.2) is 24.3 Å². The summed E-state index contributed by atoms with van der Waals surface area (Å²) in [5, 5.41) is 21.7. The minimum absolute atomic E-state index is 0.130. The van der Waals surface area contributed by atoms with Crippen LogP contribution in [-0.4, -0.2) is 53.7 Å². The van der Waals surface area contributed by atoms with Crippen LogP contribution in [0.1, 0.15) is 5.56 Å². The number of amides is 1. The fourth-order valence-electron chi connectivity index (χ4n) is 2.66. The van der Waals surface area contributed by atoms with Crippen molar-refractivity contribution in [3.63, 3.8) is 0 Å². The minimum Gasteiger partial charge on any atom is -0.508 e. The van der Waals surface area contributed by atoms with Gasteiger partial charge in [-0.1, -0.05) is 12.1 Å². The highest BCUT2D eigenvalue weighted by atomic mass is 16.6. The molecule has 0 saturated carbocycles. The zero-order valence-corrected chi connectivity index (χ0v) is 10.9. The molecule has 2 aliphatic rings. The number of phenolic OH excluding ortho intramolecular Hbond substituents is 1. The zero-order chi connectivity index (χ0) is 14.1. The molecule has 1 aromatic carbocycles. The van der Waals surface area contributed by atoms with Crippen molar-refractivity contribution in [3.05, 3.63) is 29.8 Å². The average molecular weight is 279 g/mol. The number of hydrogen-bond donors (Lipinski definition) is 3. The molecule has 6 heteroatoms. The Bertz CT molecular complexity index is 489. The van der Waals surface area contributed by atoms with Crippen molar-refractivity contribution in [1.29, 1.82) is 0 Å². The zero-order valence-electron chi connectivity index (χ0n) is 10.9. The predicted octanol–water partition coefficient (Wildman–Crippen LogP) is -0.422. The molecule has 108 valence electrons. The molecule has 3 rings (SSSR count). The van der Waals surface area contributed by atoms with Crippen molar-refractivity contribution in [1.82, 2.24) is 5.32 Å². The lowest BCUT2D eigenvalue weighted by Crippen LogP contribution is -2.44. The van der Waals surface area contributed by atoms with Crippen LogP contribution < -0.4 is 5.32 Å². The molecule has 3 N–H and O–H groups in total. The number of nitrogens with one attached hydrogen (secondary N) is 1. The van der Waals surface area contributed by atoms with E-state index in [1.807, 2.05) is 0 Å². The van der Waals surface area contributed by atoms with E-state index in [2.05, 4.69) is 5.32 Å².